The molecule has 8 nitrogen and oxygen atoms in total. The Morgan fingerprint density at radius 1 is 1.26 bits per heavy atom. The van der Waals surface area contributed by atoms with Gasteiger partial charge in [0.15, 0.2) is 16.7 Å². The number of amides is 1. The van der Waals surface area contributed by atoms with Crippen molar-refractivity contribution in [3.63, 3.8) is 0 Å². The molecule has 2 N–H and O–H groups in total. The van der Waals surface area contributed by atoms with E-state index in [1.165, 1.54) is 13.2 Å². The molecular formula is C18H15N3O5S. The average Bonchev–Trinajstić information content (AvgIpc) is 2.97. The highest BCUT2D eigenvalue weighted by Crippen LogP contribution is 2.32. The Morgan fingerprint density at radius 3 is 2.70 bits per heavy atom. The number of nitro groups is 1. The Kier molecular flexibility index (Phi) is 5.41. The maximum atomic E-state index is 11.7. The van der Waals surface area contributed by atoms with E-state index in [2.05, 4.69) is 4.99 Å². The number of thioether (sulfide) groups is 1. The Morgan fingerprint density at radius 2 is 2.04 bits per heavy atom. The normalized spacial score (nSPS) is 14.9. The number of amidine groups is 1. The topological polar surface area (TPSA) is 117 Å². The van der Waals surface area contributed by atoms with E-state index in [4.69, 9.17) is 15.2 Å². The molecule has 0 aromatic heterocycles. The van der Waals surface area contributed by atoms with Crippen molar-refractivity contribution < 1.29 is 19.2 Å². The summed E-state index contributed by atoms with van der Waals surface area (Å²) in [6.07, 6.45) is 1.66. The molecule has 27 heavy (non-hydrogen) atoms. The molecule has 1 aliphatic rings. The van der Waals surface area contributed by atoms with Gasteiger partial charge in [-0.25, -0.2) is 0 Å². The molecule has 1 amide bonds. The van der Waals surface area contributed by atoms with Crippen molar-refractivity contribution in [1.82, 2.24) is 0 Å². The highest BCUT2D eigenvalue weighted by atomic mass is 32.2. The number of ether oxygens (including phenoxy) is 2. The third-order valence-corrected chi connectivity index (χ3v) is 4.51. The first-order chi connectivity index (χ1) is 13.0. The number of nitro benzene ring substituents is 1. The van der Waals surface area contributed by atoms with Gasteiger partial charge in [0.05, 0.1) is 22.5 Å². The number of nitrogens with zero attached hydrogens (tertiary/aromatic N) is 2. The monoisotopic (exact) mass is 385 g/mol. The van der Waals surface area contributed by atoms with Crippen molar-refractivity contribution in [1.29, 1.82) is 0 Å². The molecule has 0 bridgehead atoms. The zero-order chi connectivity index (χ0) is 19.4. The Balaban J connectivity index is 1.79. The van der Waals surface area contributed by atoms with Crippen molar-refractivity contribution in [3.05, 3.63) is 68.6 Å². The van der Waals surface area contributed by atoms with Gasteiger partial charge in [-0.2, -0.15) is 4.99 Å². The van der Waals surface area contributed by atoms with Crippen molar-refractivity contribution in [2.75, 3.05) is 7.11 Å². The standard InChI is InChI=1S/C18H15N3O5S/c1-25-15-8-11(9-16-17(22)20-18(19)27-16)6-7-14(15)26-10-12-4-2-3-5-13(12)21(23)24/h2-9H,10H2,1H3,(H2,19,20,22)/b16-9-. The lowest BCUT2D eigenvalue weighted by atomic mass is 10.1. The molecule has 0 saturated heterocycles. The first-order valence-corrected chi connectivity index (χ1v) is 8.60. The molecule has 0 unspecified atom stereocenters. The van der Waals surface area contributed by atoms with E-state index in [9.17, 15) is 14.9 Å². The SMILES string of the molecule is COc1cc(/C=C2\SC(N)=NC2=O)ccc1OCc1ccccc1[N+](=O)[O-]. The molecular weight excluding hydrogens is 370 g/mol. The van der Waals surface area contributed by atoms with Gasteiger partial charge in [-0.3, -0.25) is 14.9 Å². The number of carbonyl (C=O) groups excluding carboxylic acids is 1. The van der Waals surface area contributed by atoms with Crippen molar-refractivity contribution in [3.8, 4) is 11.5 Å². The van der Waals surface area contributed by atoms with Gasteiger partial charge in [-0.15, -0.1) is 0 Å². The number of benzene rings is 2. The average molecular weight is 385 g/mol. The van der Waals surface area contributed by atoms with E-state index in [-0.39, 0.29) is 23.4 Å². The minimum Gasteiger partial charge on any atom is -0.493 e. The summed E-state index contributed by atoms with van der Waals surface area (Å²) in [4.78, 5) is 26.4. The first-order valence-electron chi connectivity index (χ1n) is 7.79. The number of rotatable bonds is 6. The maximum Gasteiger partial charge on any atom is 0.286 e. The molecule has 0 aliphatic carbocycles. The van der Waals surface area contributed by atoms with Crippen LogP contribution in [0, 0.1) is 10.1 Å². The van der Waals surface area contributed by atoms with Gasteiger partial charge in [0.2, 0.25) is 0 Å². The summed E-state index contributed by atoms with van der Waals surface area (Å²) in [5.41, 5.74) is 6.70. The van der Waals surface area contributed by atoms with Crippen LogP contribution in [0.25, 0.3) is 6.08 Å². The van der Waals surface area contributed by atoms with Crippen molar-refractivity contribution >= 4 is 34.6 Å². The summed E-state index contributed by atoms with van der Waals surface area (Å²) < 4.78 is 11.0. The number of methoxy groups -OCH3 is 1. The highest BCUT2D eigenvalue weighted by molar-refractivity contribution is 8.18. The van der Waals surface area contributed by atoms with Crippen LogP contribution in [0.2, 0.25) is 0 Å². The largest absolute Gasteiger partial charge is 0.493 e. The summed E-state index contributed by atoms with van der Waals surface area (Å²) in [5, 5.41) is 11.3. The molecule has 0 fully saturated rings. The third kappa shape index (κ3) is 4.26. The van der Waals surface area contributed by atoms with Crippen LogP contribution in [0.1, 0.15) is 11.1 Å². The van der Waals surface area contributed by atoms with Crippen LogP contribution in [-0.4, -0.2) is 23.1 Å². The van der Waals surface area contributed by atoms with Gasteiger partial charge in [-0.1, -0.05) is 18.2 Å². The fourth-order valence-electron chi connectivity index (χ4n) is 2.44. The summed E-state index contributed by atoms with van der Waals surface area (Å²) in [6.45, 7) is 0.0205. The fraction of sp³-hybridized carbons (Fsp3) is 0.111. The molecule has 0 saturated carbocycles. The van der Waals surface area contributed by atoms with Gasteiger partial charge in [0.1, 0.15) is 6.61 Å². The van der Waals surface area contributed by atoms with E-state index in [0.29, 0.717) is 27.5 Å². The molecule has 138 valence electrons. The summed E-state index contributed by atoms with van der Waals surface area (Å²) in [6, 6.07) is 11.5. The van der Waals surface area contributed by atoms with Gasteiger partial charge in [0.25, 0.3) is 11.6 Å². The lowest BCUT2D eigenvalue weighted by Gasteiger charge is -2.11. The van der Waals surface area contributed by atoms with Gasteiger partial charge in [0, 0.05) is 6.07 Å². The second-order valence-electron chi connectivity index (χ2n) is 5.45. The number of hydrogen-bond donors (Lipinski definition) is 1. The van der Waals surface area contributed by atoms with E-state index >= 15 is 0 Å². The van der Waals surface area contributed by atoms with E-state index < -0.39 is 4.92 Å². The number of carbonyl (C=O) groups is 1. The smallest absolute Gasteiger partial charge is 0.286 e. The number of aliphatic imine (C=N–C) groups is 1. The molecule has 0 radical (unpaired) electrons. The van der Waals surface area contributed by atoms with E-state index in [1.54, 1.807) is 42.5 Å². The summed E-state index contributed by atoms with van der Waals surface area (Å²) in [5.74, 6) is 0.486. The third-order valence-electron chi connectivity index (χ3n) is 3.69. The van der Waals surface area contributed by atoms with Gasteiger partial charge in [-0.05, 0) is 41.6 Å². The van der Waals surface area contributed by atoms with Crippen molar-refractivity contribution in [2.24, 2.45) is 10.7 Å². The van der Waals surface area contributed by atoms with Gasteiger partial charge >= 0.3 is 0 Å². The van der Waals surface area contributed by atoms with Crippen LogP contribution in [-0.2, 0) is 11.4 Å². The minimum absolute atomic E-state index is 0.00724. The first kappa shape index (κ1) is 18.5. The molecule has 3 rings (SSSR count). The molecule has 0 atom stereocenters. The Labute approximate surface area is 158 Å². The van der Waals surface area contributed by atoms with Crippen LogP contribution in [0.5, 0.6) is 11.5 Å². The second kappa shape index (κ2) is 7.92. The lowest BCUT2D eigenvalue weighted by Crippen LogP contribution is -2.01. The predicted octanol–water partition coefficient (Wildman–Crippen LogP) is 3.11. The predicted molar refractivity (Wildman–Crippen MR) is 103 cm³/mol. The molecule has 0 spiro atoms. The fourth-order valence-corrected chi connectivity index (χ4v) is 3.12. The van der Waals surface area contributed by atoms with Crippen molar-refractivity contribution in [2.45, 2.75) is 6.61 Å². The quantitative estimate of drug-likeness (QED) is 0.461. The molecule has 1 heterocycles. The van der Waals surface area contributed by atoms with Crippen LogP contribution in [0.15, 0.2) is 52.4 Å². The van der Waals surface area contributed by atoms with Crippen LogP contribution >= 0.6 is 11.8 Å². The van der Waals surface area contributed by atoms with E-state index in [1.807, 2.05) is 0 Å². The van der Waals surface area contributed by atoms with Crippen LogP contribution in [0.4, 0.5) is 5.69 Å². The molecule has 2 aromatic carbocycles. The van der Waals surface area contributed by atoms with Crippen LogP contribution < -0.4 is 15.2 Å². The number of para-hydroxylation sites is 1. The second-order valence-corrected chi connectivity index (χ2v) is 6.51. The van der Waals surface area contributed by atoms with Crippen LogP contribution in [0.3, 0.4) is 0 Å². The van der Waals surface area contributed by atoms with Gasteiger partial charge < -0.3 is 15.2 Å². The summed E-state index contributed by atoms with van der Waals surface area (Å²) in [7, 11) is 1.49. The minimum atomic E-state index is -0.449. The lowest BCUT2D eigenvalue weighted by molar-refractivity contribution is -0.385. The molecule has 2 aromatic rings. The highest BCUT2D eigenvalue weighted by Gasteiger charge is 2.20. The Bertz CT molecular complexity index is 971. The Hall–Kier alpha value is -3.33. The zero-order valence-electron chi connectivity index (χ0n) is 14.2. The van der Waals surface area contributed by atoms with E-state index in [0.717, 1.165) is 11.8 Å². The summed E-state index contributed by atoms with van der Waals surface area (Å²) >= 11 is 1.10. The number of hydrogen-bond acceptors (Lipinski definition) is 7. The molecule has 1 aliphatic heterocycles. The maximum absolute atomic E-state index is 11.7. The zero-order valence-corrected chi connectivity index (χ0v) is 15.1. The molecule has 9 heteroatoms. The number of nitrogens with two attached hydrogens (primary N) is 1.